The lowest BCUT2D eigenvalue weighted by Crippen LogP contribution is -2.45. The molecular formula is C15H22N2O. The van der Waals surface area contributed by atoms with Crippen molar-refractivity contribution < 1.29 is 4.74 Å². The summed E-state index contributed by atoms with van der Waals surface area (Å²) >= 11 is 0. The number of morpholine rings is 1. The summed E-state index contributed by atoms with van der Waals surface area (Å²) in [4.78, 5) is 2.44. The maximum atomic E-state index is 5.79. The first-order valence-electron chi connectivity index (χ1n) is 6.99. The van der Waals surface area contributed by atoms with Crippen LogP contribution in [0.4, 0.5) is 11.4 Å². The van der Waals surface area contributed by atoms with Gasteiger partial charge in [-0.1, -0.05) is 6.07 Å². The summed E-state index contributed by atoms with van der Waals surface area (Å²) in [5, 5.41) is 3.51. The van der Waals surface area contributed by atoms with Gasteiger partial charge in [-0.25, -0.2) is 0 Å². The van der Waals surface area contributed by atoms with Crippen molar-refractivity contribution in [2.75, 3.05) is 29.9 Å². The van der Waals surface area contributed by atoms with E-state index in [1.165, 1.54) is 29.8 Å². The van der Waals surface area contributed by atoms with Crippen molar-refractivity contribution in [1.82, 2.24) is 0 Å². The fourth-order valence-corrected chi connectivity index (χ4v) is 3.03. The van der Waals surface area contributed by atoms with Crippen LogP contribution in [0.1, 0.15) is 25.8 Å². The molecule has 0 aromatic heterocycles. The molecule has 0 unspecified atom stereocenters. The molecule has 0 spiro atoms. The highest BCUT2D eigenvalue weighted by Crippen LogP contribution is 2.29. The number of anilines is 2. The van der Waals surface area contributed by atoms with Gasteiger partial charge in [-0.05, 0) is 44.4 Å². The van der Waals surface area contributed by atoms with Crippen LogP contribution in [0.2, 0.25) is 0 Å². The lowest BCUT2D eigenvalue weighted by atomic mass is 10.0. The maximum Gasteiger partial charge on any atom is 0.0726 e. The SMILES string of the molecule is C[C@@H]1CN(c2ccc3c(c2)NCCC3)C[C@H](C)O1. The van der Waals surface area contributed by atoms with E-state index in [1.54, 1.807) is 0 Å². The number of hydrogen-bond donors (Lipinski definition) is 1. The second kappa shape index (κ2) is 4.81. The highest BCUT2D eigenvalue weighted by molar-refractivity contribution is 5.63. The minimum atomic E-state index is 0.317. The monoisotopic (exact) mass is 246 g/mol. The molecule has 1 N–H and O–H groups in total. The quantitative estimate of drug-likeness (QED) is 0.824. The molecule has 0 amide bonds. The molecular weight excluding hydrogens is 224 g/mol. The fraction of sp³-hybridized carbons (Fsp3) is 0.600. The molecule has 0 bridgehead atoms. The Balaban J connectivity index is 1.83. The van der Waals surface area contributed by atoms with Crippen molar-refractivity contribution in [1.29, 1.82) is 0 Å². The van der Waals surface area contributed by atoms with Crippen molar-refractivity contribution in [3.05, 3.63) is 23.8 Å². The molecule has 2 atom stereocenters. The van der Waals surface area contributed by atoms with E-state index in [4.69, 9.17) is 4.74 Å². The van der Waals surface area contributed by atoms with Gasteiger partial charge in [-0.3, -0.25) is 0 Å². The highest BCUT2D eigenvalue weighted by atomic mass is 16.5. The van der Waals surface area contributed by atoms with Gasteiger partial charge >= 0.3 is 0 Å². The van der Waals surface area contributed by atoms with Crippen LogP contribution in [-0.2, 0) is 11.2 Å². The van der Waals surface area contributed by atoms with Gasteiger partial charge in [0.25, 0.3) is 0 Å². The molecule has 3 nitrogen and oxygen atoms in total. The van der Waals surface area contributed by atoms with Gasteiger partial charge in [-0.15, -0.1) is 0 Å². The number of nitrogens with zero attached hydrogens (tertiary/aromatic N) is 1. The molecule has 3 heteroatoms. The molecule has 1 aromatic carbocycles. The average Bonchev–Trinajstić information content (AvgIpc) is 2.37. The van der Waals surface area contributed by atoms with Crippen molar-refractivity contribution in [2.24, 2.45) is 0 Å². The van der Waals surface area contributed by atoms with Crippen molar-refractivity contribution in [3.63, 3.8) is 0 Å². The molecule has 98 valence electrons. The standard InChI is InChI=1S/C15H22N2O/c1-11-9-17(10-12(2)18-11)14-6-5-13-4-3-7-16-15(13)8-14/h5-6,8,11-12,16H,3-4,7,9-10H2,1-2H3/t11-,12+. The Kier molecular flexibility index (Phi) is 3.16. The summed E-state index contributed by atoms with van der Waals surface area (Å²) in [6.07, 6.45) is 3.09. The zero-order valence-corrected chi connectivity index (χ0v) is 11.3. The van der Waals surface area contributed by atoms with Crippen molar-refractivity contribution in [3.8, 4) is 0 Å². The first kappa shape index (κ1) is 11.8. The molecule has 18 heavy (non-hydrogen) atoms. The molecule has 1 fully saturated rings. The third kappa shape index (κ3) is 2.32. The fourth-order valence-electron chi connectivity index (χ4n) is 3.03. The van der Waals surface area contributed by atoms with Gasteiger partial charge in [0.15, 0.2) is 0 Å². The lowest BCUT2D eigenvalue weighted by molar-refractivity contribution is -0.00521. The van der Waals surface area contributed by atoms with E-state index in [1.807, 2.05) is 0 Å². The molecule has 1 saturated heterocycles. The Morgan fingerprint density at radius 3 is 2.78 bits per heavy atom. The van der Waals surface area contributed by atoms with E-state index >= 15 is 0 Å². The molecule has 1 aromatic rings. The van der Waals surface area contributed by atoms with E-state index in [-0.39, 0.29) is 0 Å². The summed E-state index contributed by atoms with van der Waals surface area (Å²) < 4.78 is 5.79. The summed E-state index contributed by atoms with van der Waals surface area (Å²) in [6, 6.07) is 6.84. The molecule has 0 saturated carbocycles. The first-order valence-corrected chi connectivity index (χ1v) is 6.99. The van der Waals surface area contributed by atoms with Crippen LogP contribution in [0.5, 0.6) is 0 Å². The van der Waals surface area contributed by atoms with Crippen LogP contribution < -0.4 is 10.2 Å². The smallest absolute Gasteiger partial charge is 0.0726 e. The van der Waals surface area contributed by atoms with Gasteiger partial charge in [0, 0.05) is 31.0 Å². The number of rotatable bonds is 1. The van der Waals surface area contributed by atoms with E-state index in [0.29, 0.717) is 12.2 Å². The zero-order chi connectivity index (χ0) is 12.5. The van der Waals surface area contributed by atoms with Crippen molar-refractivity contribution in [2.45, 2.75) is 38.9 Å². The number of nitrogens with one attached hydrogen (secondary N) is 1. The van der Waals surface area contributed by atoms with Gasteiger partial charge in [0.2, 0.25) is 0 Å². The van der Waals surface area contributed by atoms with Crippen LogP contribution in [0.25, 0.3) is 0 Å². The summed E-state index contributed by atoms with van der Waals surface area (Å²) in [5.41, 5.74) is 4.11. The molecule has 0 radical (unpaired) electrons. The molecule has 3 rings (SSSR count). The summed E-state index contributed by atoms with van der Waals surface area (Å²) in [5.74, 6) is 0. The minimum absolute atomic E-state index is 0.317. The molecule has 0 aliphatic carbocycles. The van der Waals surface area contributed by atoms with E-state index in [0.717, 1.165) is 19.6 Å². The average molecular weight is 246 g/mol. The lowest BCUT2D eigenvalue weighted by Gasteiger charge is -2.37. The molecule has 2 aliphatic rings. The van der Waals surface area contributed by atoms with Gasteiger partial charge in [-0.2, -0.15) is 0 Å². The van der Waals surface area contributed by atoms with Crippen LogP contribution in [0.15, 0.2) is 18.2 Å². The maximum absolute atomic E-state index is 5.79. The third-order valence-corrected chi connectivity index (χ3v) is 3.82. The number of aryl methyl sites for hydroxylation is 1. The predicted octanol–water partition coefficient (Wildman–Crippen LogP) is 2.66. The molecule has 2 heterocycles. The summed E-state index contributed by atoms with van der Waals surface area (Å²) in [6.45, 7) is 7.39. The number of fused-ring (bicyclic) bond motifs is 1. The van der Waals surface area contributed by atoms with E-state index in [9.17, 15) is 0 Å². The third-order valence-electron chi connectivity index (χ3n) is 3.82. The van der Waals surface area contributed by atoms with Crippen molar-refractivity contribution >= 4 is 11.4 Å². The second-order valence-electron chi connectivity index (χ2n) is 5.53. The van der Waals surface area contributed by atoms with E-state index < -0.39 is 0 Å². The van der Waals surface area contributed by atoms with Crippen LogP contribution in [-0.4, -0.2) is 31.8 Å². The number of benzene rings is 1. The molecule has 2 aliphatic heterocycles. The predicted molar refractivity (Wildman–Crippen MR) is 75.5 cm³/mol. The zero-order valence-electron chi connectivity index (χ0n) is 11.3. The minimum Gasteiger partial charge on any atom is -0.385 e. The summed E-state index contributed by atoms with van der Waals surface area (Å²) in [7, 11) is 0. The van der Waals surface area contributed by atoms with Gasteiger partial charge < -0.3 is 15.0 Å². The van der Waals surface area contributed by atoms with Crippen LogP contribution in [0, 0.1) is 0 Å². The topological polar surface area (TPSA) is 24.5 Å². The number of hydrogen-bond acceptors (Lipinski definition) is 3. The first-order chi connectivity index (χ1) is 8.72. The van der Waals surface area contributed by atoms with E-state index in [2.05, 4.69) is 42.3 Å². The van der Waals surface area contributed by atoms with Crippen LogP contribution in [0.3, 0.4) is 0 Å². The Bertz CT molecular complexity index is 423. The largest absolute Gasteiger partial charge is 0.385 e. The van der Waals surface area contributed by atoms with Crippen LogP contribution >= 0.6 is 0 Å². The van der Waals surface area contributed by atoms with Gasteiger partial charge in [0.05, 0.1) is 12.2 Å². The highest BCUT2D eigenvalue weighted by Gasteiger charge is 2.23. The second-order valence-corrected chi connectivity index (χ2v) is 5.53. The Hall–Kier alpha value is -1.22. The Morgan fingerprint density at radius 1 is 1.22 bits per heavy atom. The normalized spacial score (nSPS) is 27.6. The van der Waals surface area contributed by atoms with Gasteiger partial charge in [0.1, 0.15) is 0 Å². The Morgan fingerprint density at radius 2 is 2.00 bits per heavy atom. The Labute approximate surface area is 109 Å². The number of ether oxygens (including phenoxy) is 1.